The van der Waals surface area contributed by atoms with Gasteiger partial charge in [-0.1, -0.05) is 22.0 Å². The number of benzene rings is 2. The zero-order chi connectivity index (χ0) is 16.2. The van der Waals surface area contributed by atoms with Crippen LogP contribution in [0.25, 0.3) is 0 Å². The summed E-state index contributed by atoms with van der Waals surface area (Å²) >= 11 is 3.36. The standard InChI is InChI=1S/C15H13BrF3NO2/c1-21-14-8-11(16)3-2-10(14)9-20-12-4-6-13(7-5-12)22-15(17,18)19/h2-8,20H,9H2,1H3. The minimum absolute atomic E-state index is 0.251. The molecule has 0 aliphatic rings. The summed E-state index contributed by atoms with van der Waals surface area (Å²) in [6, 6.07) is 11.2. The first-order valence-corrected chi connectivity index (χ1v) is 7.09. The van der Waals surface area contributed by atoms with Crippen LogP contribution in [-0.4, -0.2) is 13.5 Å². The lowest BCUT2D eigenvalue weighted by atomic mass is 10.2. The van der Waals surface area contributed by atoms with Gasteiger partial charge >= 0.3 is 6.36 Å². The lowest BCUT2D eigenvalue weighted by molar-refractivity contribution is -0.274. The molecule has 22 heavy (non-hydrogen) atoms. The quantitative estimate of drug-likeness (QED) is 0.800. The van der Waals surface area contributed by atoms with Crippen molar-refractivity contribution >= 4 is 21.6 Å². The predicted molar refractivity (Wildman–Crippen MR) is 81.1 cm³/mol. The molecular weight excluding hydrogens is 363 g/mol. The molecule has 0 aliphatic carbocycles. The molecule has 2 aromatic rings. The van der Waals surface area contributed by atoms with Crippen molar-refractivity contribution < 1.29 is 22.6 Å². The highest BCUT2D eigenvalue weighted by Crippen LogP contribution is 2.26. The molecule has 0 bridgehead atoms. The van der Waals surface area contributed by atoms with Gasteiger partial charge in [0.25, 0.3) is 0 Å². The number of alkyl halides is 3. The molecule has 0 radical (unpaired) electrons. The highest BCUT2D eigenvalue weighted by molar-refractivity contribution is 9.10. The summed E-state index contributed by atoms with van der Waals surface area (Å²) in [5, 5.41) is 3.11. The predicted octanol–water partition coefficient (Wildman–Crippen LogP) is 4.97. The van der Waals surface area contributed by atoms with E-state index >= 15 is 0 Å². The molecule has 0 amide bonds. The number of hydrogen-bond donors (Lipinski definition) is 1. The molecule has 0 heterocycles. The summed E-state index contributed by atoms with van der Waals surface area (Å²) in [6.07, 6.45) is -4.68. The third-order valence-corrected chi connectivity index (χ3v) is 3.31. The lowest BCUT2D eigenvalue weighted by Gasteiger charge is -2.12. The molecule has 0 aliphatic heterocycles. The minimum atomic E-state index is -4.68. The molecule has 0 atom stereocenters. The summed E-state index contributed by atoms with van der Waals surface area (Å²) in [6.45, 7) is 0.482. The number of anilines is 1. The van der Waals surface area contributed by atoms with Crippen molar-refractivity contribution in [3.8, 4) is 11.5 Å². The van der Waals surface area contributed by atoms with Gasteiger partial charge in [0.2, 0.25) is 0 Å². The normalized spacial score (nSPS) is 11.1. The van der Waals surface area contributed by atoms with Crippen molar-refractivity contribution in [1.29, 1.82) is 0 Å². The van der Waals surface area contributed by atoms with E-state index < -0.39 is 6.36 Å². The van der Waals surface area contributed by atoms with Crippen LogP contribution in [0.5, 0.6) is 11.5 Å². The molecule has 0 spiro atoms. The summed E-state index contributed by atoms with van der Waals surface area (Å²) in [5.41, 5.74) is 1.61. The van der Waals surface area contributed by atoms with E-state index in [1.807, 2.05) is 18.2 Å². The van der Waals surface area contributed by atoms with E-state index in [-0.39, 0.29) is 5.75 Å². The molecule has 2 rings (SSSR count). The SMILES string of the molecule is COc1cc(Br)ccc1CNc1ccc(OC(F)(F)F)cc1. The number of halogens is 4. The molecule has 0 fully saturated rings. The van der Waals surface area contributed by atoms with Crippen LogP contribution in [0.2, 0.25) is 0 Å². The fourth-order valence-electron chi connectivity index (χ4n) is 1.84. The topological polar surface area (TPSA) is 30.5 Å². The molecule has 7 heteroatoms. The average Bonchev–Trinajstić information content (AvgIpc) is 2.45. The van der Waals surface area contributed by atoms with Gasteiger partial charge in [0, 0.05) is 22.3 Å². The van der Waals surface area contributed by atoms with Gasteiger partial charge in [-0.3, -0.25) is 0 Å². The zero-order valence-electron chi connectivity index (χ0n) is 11.6. The van der Waals surface area contributed by atoms with Crippen LogP contribution in [0.4, 0.5) is 18.9 Å². The van der Waals surface area contributed by atoms with Crippen LogP contribution in [0.1, 0.15) is 5.56 Å². The molecule has 2 aromatic carbocycles. The van der Waals surface area contributed by atoms with Gasteiger partial charge < -0.3 is 14.8 Å². The van der Waals surface area contributed by atoms with E-state index in [1.165, 1.54) is 24.3 Å². The first kappa shape index (κ1) is 16.5. The average molecular weight is 376 g/mol. The van der Waals surface area contributed by atoms with E-state index in [2.05, 4.69) is 26.0 Å². The second kappa shape index (κ2) is 6.91. The van der Waals surface area contributed by atoms with Crippen LogP contribution in [0.15, 0.2) is 46.9 Å². The van der Waals surface area contributed by atoms with Crippen LogP contribution in [-0.2, 0) is 6.54 Å². The first-order valence-electron chi connectivity index (χ1n) is 6.29. The second-order valence-electron chi connectivity index (χ2n) is 4.38. The maximum absolute atomic E-state index is 12.1. The first-order chi connectivity index (χ1) is 10.4. The second-order valence-corrected chi connectivity index (χ2v) is 5.30. The van der Waals surface area contributed by atoms with Crippen molar-refractivity contribution in [1.82, 2.24) is 0 Å². The third-order valence-electron chi connectivity index (χ3n) is 2.82. The van der Waals surface area contributed by atoms with E-state index in [9.17, 15) is 13.2 Å². The van der Waals surface area contributed by atoms with Crippen molar-refractivity contribution in [3.63, 3.8) is 0 Å². The van der Waals surface area contributed by atoms with Gasteiger partial charge in [0.15, 0.2) is 0 Å². The van der Waals surface area contributed by atoms with Gasteiger partial charge in [-0.25, -0.2) is 0 Å². The number of methoxy groups -OCH3 is 1. The fourth-order valence-corrected chi connectivity index (χ4v) is 2.18. The van der Waals surface area contributed by atoms with E-state index in [4.69, 9.17) is 4.74 Å². The molecular formula is C15H13BrF3NO2. The highest BCUT2D eigenvalue weighted by atomic mass is 79.9. The Labute approximate surface area is 134 Å². The largest absolute Gasteiger partial charge is 0.573 e. The maximum atomic E-state index is 12.1. The lowest BCUT2D eigenvalue weighted by Crippen LogP contribution is -2.17. The Bertz CT molecular complexity index is 630. The number of nitrogens with one attached hydrogen (secondary N) is 1. The molecule has 118 valence electrons. The summed E-state index contributed by atoms with van der Waals surface area (Å²) in [5.74, 6) is 0.471. The summed E-state index contributed by atoms with van der Waals surface area (Å²) in [4.78, 5) is 0. The molecule has 3 nitrogen and oxygen atoms in total. The molecule has 1 N–H and O–H groups in total. The zero-order valence-corrected chi connectivity index (χ0v) is 13.2. The van der Waals surface area contributed by atoms with Crippen molar-refractivity contribution in [2.75, 3.05) is 12.4 Å². The van der Waals surface area contributed by atoms with Gasteiger partial charge in [0.1, 0.15) is 11.5 Å². The third kappa shape index (κ3) is 4.84. The highest BCUT2D eigenvalue weighted by Gasteiger charge is 2.30. The summed E-state index contributed by atoms with van der Waals surface area (Å²) < 4.78 is 46.2. The van der Waals surface area contributed by atoms with Gasteiger partial charge in [-0.15, -0.1) is 13.2 Å². The van der Waals surface area contributed by atoms with Crippen LogP contribution in [0, 0.1) is 0 Å². The molecule has 0 unspecified atom stereocenters. The van der Waals surface area contributed by atoms with Crippen LogP contribution < -0.4 is 14.8 Å². The van der Waals surface area contributed by atoms with Crippen molar-refractivity contribution in [2.45, 2.75) is 12.9 Å². The molecule has 0 aromatic heterocycles. The van der Waals surface area contributed by atoms with E-state index in [1.54, 1.807) is 7.11 Å². The van der Waals surface area contributed by atoms with Crippen molar-refractivity contribution in [3.05, 3.63) is 52.5 Å². The monoisotopic (exact) mass is 375 g/mol. The minimum Gasteiger partial charge on any atom is -0.496 e. The number of rotatable bonds is 5. The smallest absolute Gasteiger partial charge is 0.496 e. The Balaban J connectivity index is 2.00. The maximum Gasteiger partial charge on any atom is 0.573 e. The van der Waals surface area contributed by atoms with Gasteiger partial charge in [-0.05, 0) is 36.4 Å². The number of hydrogen-bond acceptors (Lipinski definition) is 3. The Morgan fingerprint density at radius 3 is 2.36 bits per heavy atom. The fraction of sp³-hybridized carbons (Fsp3) is 0.200. The Morgan fingerprint density at radius 1 is 1.09 bits per heavy atom. The van der Waals surface area contributed by atoms with Gasteiger partial charge in [-0.2, -0.15) is 0 Å². The van der Waals surface area contributed by atoms with Crippen LogP contribution >= 0.6 is 15.9 Å². The Kier molecular flexibility index (Phi) is 5.18. The van der Waals surface area contributed by atoms with Gasteiger partial charge in [0.05, 0.1) is 7.11 Å². The van der Waals surface area contributed by atoms with Crippen molar-refractivity contribution in [2.24, 2.45) is 0 Å². The molecule has 0 saturated heterocycles. The Hall–Kier alpha value is -1.89. The Morgan fingerprint density at radius 2 is 1.77 bits per heavy atom. The number of ether oxygens (including phenoxy) is 2. The van der Waals surface area contributed by atoms with Crippen LogP contribution in [0.3, 0.4) is 0 Å². The summed E-state index contributed by atoms with van der Waals surface area (Å²) in [7, 11) is 1.58. The van der Waals surface area contributed by atoms with E-state index in [0.29, 0.717) is 12.2 Å². The van der Waals surface area contributed by atoms with E-state index in [0.717, 1.165) is 15.8 Å². The molecule has 0 saturated carbocycles.